The van der Waals surface area contributed by atoms with Crippen LogP contribution in [0.3, 0.4) is 0 Å². The number of nitrogens with one attached hydrogen (secondary N) is 1. The highest BCUT2D eigenvalue weighted by Crippen LogP contribution is 2.20. The van der Waals surface area contributed by atoms with Gasteiger partial charge in [-0.05, 0) is 39.2 Å². The second-order valence-electron chi connectivity index (χ2n) is 6.23. The molecule has 1 aromatic heterocycles. The molecule has 0 unspecified atom stereocenters. The Morgan fingerprint density at radius 1 is 1.47 bits per heavy atom. The maximum atomic E-state index is 8.96. The van der Waals surface area contributed by atoms with Crippen LogP contribution < -0.4 is 5.32 Å². The minimum atomic E-state index is -0.220. The Bertz CT molecular complexity index is 412. The number of imidazole rings is 1. The van der Waals surface area contributed by atoms with E-state index in [9.17, 15) is 0 Å². The van der Waals surface area contributed by atoms with Crippen LogP contribution >= 0.6 is 0 Å². The Morgan fingerprint density at radius 2 is 2.21 bits per heavy atom. The summed E-state index contributed by atoms with van der Waals surface area (Å²) in [5.74, 6) is 0.662. The van der Waals surface area contributed by atoms with Gasteiger partial charge in [-0.2, -0.15) is 5.26 Å². The van der Waals surface area contributed by atoms with Gasteiger partial charge in [0, 0.05) is 19.3 Å². The predicted octanol–water partition coefficient (Wildman–Crippen LogP) is 2.96. The van der Waals surface area contributed by atoms with Crippen LogP contribution in [0, 0.1) is 22.7 Å². The summed E-state index contributed by atoms with van der Waals surface area (Å²) in [6.45, 7) is 11.1. The topological polar surface area (TPSA) is 53.6 Å². The number of aryl methyl sites for hydroxylation is 1. The molecule has 0 aliphatic carbocycles. The molecule has 0 amide bonds. The summed E-state index contributed by atoms with van der Waals surface area (Å²) in [5, 5.41) is 12.3. The maximum Gasteiger partial charge on any atom is 0.0949 e. The van der Waals surface area contributed by atoms with Gasteiger partial charge in [-0.25, -0.2) is 4.98 Å². The molecule has 0 fully saturated rings. The molecule has 19 heavy (non-hydrogen) atoms. The van der Waals surface area contributed by atoms with Crippen molar-refractivity contribution in [3.8, 4) is 6.07 Å². The third kappa shape index (κ3) is 6.40. The molecule has 0 radical (unpaired) electrons. The minimum Gasteiger partial charge on any atom is -0.337 e. The van der Waals surface area contributed by atoms with Gasteiger partial charge in [-0.15, -0.1) is 0 Å². The summed E-state index contributed by atoms with van der Waals surface area (Å²) >= 11 is 0. The molecular weight excluding hydrogens is 236 g/mol. The first-order valence-electron chi connectivity index (χ1n) is 7.05. The molecule has 0 saturated carbocycles. The van der Waals surface area contributed by atoms with Crippen LogP contribution in [0.4, 0.5) is 0 Å². The number of hydrogen-bond donors (Lipinski definition) is 1. The number of aromatic nitrogens is 2. The van der Waals surface area contributed by atoms with E-state index in [4.69, 9.17) is 5.26 Å². The average molecular weight is 262 g/mol. The lowest BCUT2D eigenvalue weighted by Gasteiger charge is -2.14. The van der Waals surface area contributed by atoms with Gasteiger partial charge in [-0.1, -0.05) is 13.8 Å². The van der Waals surface area contributed by atoms with E-state index >= 15 is 0 Å². The number of hydrogen-bond acceptors (Lipinski definition) is 3. The van der Waals surface area contributed by atoms with Crippen LogP contribution in [0.5, 0.6) is 0 Å². The number of nitrogens with zero attached hydrogens (tertiary/aromatic N) is 3. The summed E-state index contributed by atoms with van der Waals surface area (Å²) in [6.07, 6.45) is 5.90. The van der Waals surface area contributed by atoms with Crippen molar-refractivity contribution in [1.82, 2.24) is 14.9 Å². The third-order valence-corrected chi connectivity index (χ3v) is 3.07. The van der Waals surface area contributed by atoms with E-state index in [0.717, 1.165) is 38.2 Å². The Labute approximate surface area is 116 Å². The van der Waals surface area contributed by atoms with Crippen LogP contribution in [-0.4, -0.2) is 16.1 Å². The Morgan fingerprint density at radius 3 is 2.84 bits per heavy atom. The van der Waals surface area contributed by atoms with E-state index in [2.05, 4.69) is 41.0 Å². The van der Waals surface area contributed by atoms with E-state index in [-0.39, 0.29) is 5.41 Å². The number of rotatable bonds is 8. The molecule has 1 aromatic rings. The predicted molar refractivity (Wildman–Crippen MR) is 77.4 cm³/mol. The molecular formula is C15H26N4. The summed E-state index contributed by atoms with van der Waals surface area (Å²) in [6, 6.07) is 2.34. The fourth-order valence-electron chi connectivity index (χ4n) is 1.87. The lowest BCUT2D eigenvalue weighted by Crippen LogP contribution is -2.19. The smallest absolute Gasteiger partial charge is 0.0949 e. The molecule has 0 aliphatic heterocycles. The van der Waals surface area contributed by atoms with Crippen molar-refractivity contribution in [2.45, 2.75) is 53.6 Å². The zero-order valence-electron chi connectivity index (χ0n) is 12.6. The quantitative estimate of drug-likeness (QED) is 0.783. The molecule has 1 heterocycles. The summed E-state index contributed by atoms with van der Waals surface area (Å²) in [5.41, 5.74) is 0.864. The van der Waals surface area contributed by atoms with Crippen LogP contribution in [-0.2, 0) is 13.1 Å². The van der Waals surface area contributed by atoms with Crippen molar-refractivity contribution in [2.24, 2.45) is 11.3 Å². The Kier molecular flexibility index (Phi) is 6.04. The van der Waals surface area contributed by atoms with E-state index in [1.165, 1.54) is 0 Å². The molecule has 106 valence electrons. The first kappa shape index (κ1) is 15.7. The average Bonchev–Trinajstić information content (AvgIpc) is 2.76. The fourth-order valence-corrected chi connectivity index (χ4v) is 1.87. The van der Waals surface area contributed by atoms with Crippen LogP contribution in [0.15, 0.2) is 12.5 Å². The van der Waals surface area contributed by atoms with E-state index in [1.54, 1.807) is 0 Å². The SMILES string of the molecule is CC(C)CNCc1cn(CCCC(C)(C)C#N)cn1. The van der Waals surface area contributed by atoms with Crippen LogP contribution in [0.2, 0.25) is 0 Å². The third-order valence-electron chi connectivity index (χ3n) is 3.07. The highest BCUT2D eigenvalue weighted by molar-refractivity contribution is 4.96. The first-order chi connectivity index (χ1) is 8.93. The summed E-state index contributed by atoms with van der Waals surface area (Å²) in [7, 11) is 0. The molecule has 0 aromatic carbocycles. The van der Waals surface area contributed by atoms with Gasteiger partial charge >= 0.3 is 0 Å². The van der Waals surface area contributed by atoms with Crippen molar-refractivity contribution in [3.63, 3.8) is 0 Å². The summed E-state index contributed by atoms with van der Waals surface area (Å²) < 4.78 is 2.11. The fraction of sp³-hybridized carbons (Fsp3) is 0.733. The van der Waals surface area contributed by atoms with E-state index in [0.29, 0.717) is 5.92 Å². The van der Waals surface area contributed by atoms with E-state index < -0.39 is 0 Å². The molecule has 0 saturated heterocycles. The molecule has 1 N–H and O–H groups in total. The van der Waals surface area contributed by atoms with Crippen LogP contribution in [0.25, 0.3) is 0 Å². The van der Waals surface area contributed by atoms with Gasteiger partial charge in [0.05, 0.1) is 23.5 Å². The lowest BCUT2D eigenvalue weighted by atomic mass is 9.90. The number of nitriles is 1. The normalized spacial score (nSPS) is 11.8. The second-order valence-corrected chi connectivity index (χ2v) is 6.23. The molecule has 0 bridgehead atoms. The maximum absolute atomic E-state index is 8.96. The lowest BCUT2D eigenvalue weighted by molar-refractivity contribution is 0.415. The monoisotopic (exact) mass is 262 g/mol. The second kappa shape index (κ2) is 7.30. The van der Waals surface area contributed by atoms with Gasteiger partial charge in [0.2, 0.25) is 0 Å². The Hall–Kier alpha value is -1.34. The summed E-state index contributed by atoms with van der Waals surface area (Å²) in [4.78, 5) is 4.38. The molecule has 0 aliphatic rings. The molecule has 4 nitrogen and oxygen atoms in total. The van der Waals surface area contributed by atoms with Crippen molar-refractivity contribution in [1.29, 1.82) is 5.26 Å². The van der Waals surface area contributed by atoms with Crippen molar-refractivity contribution in [2.75, 3.05) is 6.54 Å². The van der Waals surface area contributed by atoms with Crippen molar-refractivity contribution >= 4 is 0 Å². The standard InChI is InChI=1S/C15H26N4/c1-13(2)8-17-9-14-10-19(12-18-14)7-5-6-15(3,4)11-16/h10,12-13,17H,5-9H2,1-4H3. The zero-order chi connectivity index (χ0) is 14.3. The van der Waals surface area contributed by atoms with Gasteiger partial charge in [0.15, 0.2) is 0 Å². The largest absolute Gasteiger partial charge is 0.337 e. The molecule has 0 spiro atoms. The molecule has 1 rings (SSSR count). The van der Waals surface area contributed by atoms with Crippen LogP contribution in [0.1, 0.15) is 46.2 Å². The van der Waals surface area contributed by atoms with Crippen molar-refractivity contribution in [3.05, 3.63) is 18.2 Å². The highest BCUT2D eigenvalue weighted by Gasteiger charge is 2.15. The van der Waals surface area contributed by atoms with Gasteiger partial charge < -0.3 is 9.88 Å². The molecule has 0 atom stereocenters. The van der Waals surface area contributed by atoms with Crippen molar-refractivity contribution < 1.29 is 0 Å². The highest BCUT2D eigenvalue weighted by atomic mass is 15.0. The minimum absolute atomic E-state index is 0.220. The van der Waals surface area contributed by atoms with Gasteiger partial charge in [0.25, 0.3) is 0 Å². The van der Waals surface area contributed by atoms with Gasteiger partial charge in [0.1, 0.15) is 0 Å². The van der Waals surface area contributed by atoms with E-state index in [1.807, 2.05) is 20.2 Å². The first-order valence-corrected chi connectivity index (χ1v) is 7.05. The molecule has 4 heteroatoms. The Balaban J connectivity index is 2.29. The van der Waals surface area contributed by atoms with Gasteiger partial charge in [-0.3, -0.25) is 0 Å². The zero-order valence-corrected chi connectivity index (χ0v) is 12.6.